The van der Waals surface area contributed by atoms with E-state index in [1.807, 2.05) is 0 Å². The molecule has 4 aliphatic rings. The quantitative estimate of drug-likeness (QED) is 0.145. The van der Waals surface area contributed by atoms with Gasteiger partial charge in [-0.25, -0.2) is 0 Å². The number of ether oxygens (including phenoxy) is 2. The molecule has 0 aromatic carbocycles. The maximum atomic E-state index is 13.1. The molecular formula is C37H68O4Si. The van der Waals surface area contributed by atoms with Crippen molar-refractivity contribution in [3.8, 4) is 0 Å². The molecule has 244 valence electrons. The van der Waals surface area contributed by atoms with Gasteiger partial charge in [-0.1, -0.05) is 67.5 Å². The SMILES string of the molecule is C=C(CC[C@@H](C)[C@H]1CCC2C3C(CC[C@@]21C)[C@@]1(C)CC[C@H](O[Si](C)(C)C(C)(C)C)C[C@@]1(O)[C@@H]3C(OC)OC)[C@@H](C)CC. The van der Waals surface area contributed by atoms with E-state index in [1.165, 1.54) is 44.1 Å². The Balaban J connectivity index is 1.64. The van der Waals surface area contributed by atoms with E-state index in [4.69, 9.17) is 13.9 Å². The van der Waals surface area contributed by atoms with Crippen LogP contribution in [0.3, 0.4) is 0 Å². The van der Waals surface area contributed by atoms with Gasteiger partial charge in [-0.05, 0) is 117 Å². The van der Waals surface area contributed by atoms with Gasteiger partial charge in [-0.15, -0.1) is 0 Å². The summed E-state index contributed by atoms with van der Waals surface area (Å²) in [5, 5.41) is 13.3. The summed E-state index contributed by atoms with van der Waals surface area (Å²) in [7, 11) is 1.60. The third-order valence-electron chi connectivity index (χ3n) is 14.6. The van der Waals surface area contributed by atoms with E-state index in [0.717, 1.165) is 25.2 Å². The normalized spacial score (nSPS) is 41.8. The molecular weight excluding hydrogens is 536 g/mol. The highest BCUT2D eigenvalue weighted by molar-refractivity contribution is 6.74. The van der Waals surface area contributed by atoms with Crippen LogP contribution in [0.15, 0.2) is 12.2 Å². The summed E-state index contributed by atoms with van der Waals surface area (Å²) in [5.74, 6) is 3.54. The molecule has 42 heavy (non-hydrogen) atoms. The minimum atomic E-state index is -1.96. The third kappa shape index (κ3) is 5.56. The van der Waals surface area contributed by atoms with Crippen LogP contribution in [-0.4, -0.2) is 45.6 Å². The number of rotatable bonds is 11. The summed E-state index contributed by atoms with van der Waals surface area (Å²) in [6, 6.07) is 0. The fourth-order valence-electron chi connectivity index (χ4n) is 10.8. The van der Waals surface area contributed by atoms with Crippen LogP contribution in [0.4, 0.5) is 0 Å². The summed E-state index contributed by atoms with van der Waals surface area (Å²) < 4.78 is 19.2. The van der Waals surface area contributed by atoms with Crippen LogP contribution in [0.2, 0.25) is 18.1 Å². The monoisotopic (exact) mass is 604 g/mol. The molecule has 1 N–H and O–H groups in total. The maximum Gasteiger partial charge on any atom is 0.192 e. The first-order valence-electron chi connectivity index (χ1n) is 17.5. The number of aliphatic hydroxyl groups is 1. The molecule has 0 aromatic rings. The van der Waals surface area contributed by atoms with Gasteiger partial charge < -0.3 is 19.0 Å². The Morgan fingerprint density at radius 3 is 2.21 bits per heavy atom. The molecule has 0 aromatic heterocycles. The highest BCUT2D eigenvalue weighted by Gasteiger charge is 2.74. The van der Waals surface area contributed by atoms with Crippen molar-refractivity contribution in [3.05, 3.63) is 12.2 Å². The fraction of sp³-hybridized carbons (Fsp3) is 0.946. The van der Waals surface area contributed by atoms with Gasteiger partial charge in [-0.3, -0.25) is 0 Å². The molecule has 4 nitrogen and oxygen atoms in total. The minimum absolute atomic E-state index is 0.0304. The Morgan fingerprint density at radius 2 is 1.64 bits per heavy atom. The summed E-state index contributed by atoms with van der Waals surface area (Å²) in [6.45, 7) is 28.3. The van der Waals surface area contributed by atoms with Gasteiger partial charge in [0.05, 0.1) is 5.60 Å². The lowest BCUT2D eigenvalue weighted by molar-refractivity contribution is -0.225. The van der Waals surface area contributed by atoms with Crippen LogP contribution >= 0.6 is 0 Å². The fourth-order valence-corrected chi connectivity index (χ4v) is 12.1. The van der Waals surface area contributed by atoms with Gasteiger partial charge in [0.1, 0.15) is 0 Å². The highest BCUT2D eigenvalue weighted by atomic mass is 28.4. The molecule has 0 radical (unpaired) electrons. The molecule has 4 saturated carbocycles. The summed E-state index contributed by atoms with van der Waals surface area (Å²) in [6.07, 6.45) is 11.2. The molecule has 5 heteroatoms. The van der Waals surface area contributed by atoms with E-state index in [0.29, 0.717) is 41.4 Å². The molecule has 11 atom stereocenters. The van der Waals surface area contributed by atoms with Crippen molar-refractivity contribution in [1.82, 2.24) is 0 Å². The van der Waals surface area contributed by atoms with Crippen LogP contribution < -0.4 is 0 Å². The smallest absolute Gasteiger partial charge is 0.192 e. The summed E-state index contributed by atoms with van der Waals surface area (Å²) in [5.41, 5.74) is 0.747. The molecule has 0 spiro atoms. The van der Waals surface area contributed by atoms with E-state index in [1.54, 1.807) is 14.2 Å². The van der Waals surface area contributed by atoms with Crippen LogP contribution in [0, 0.1) is 52.3 Å². The molecule has 0 saturated heterocycles. The van der Waals surface area contributed by atoms with Crippen molar-refractivity contribution in [2.45, 2.75) is 156 Å². The summed E-state index contributed by atoms with van der Waals surface area (Å²) in [4.78, 5) is 0. The number of methoxy groups -OCH3 is 2. The zero-order valence-electron chi connectivity index (χ0n) is 29.6. The van der Waals surface area contributed by atoms with Crippen LogP contribution in [-0.2, 0) is 13.9 Å². The first-order chi connectivity index (χ1) is 19.4. The average molecular weight is 605 g/mol. The van der Waals surface area contributed by atoms with Crippen LogP contribution in [0.1, 0.15) is 120 Å². The van der Waals surface area contributed by atoms with E-state index in [9.17, 15) is 5.11 Å². The van der Waals surface area contributed by atoms with E-state index in [2.05, 4.69) is 75.1 Å². The second-order valence-electron chi connectivity index (χ2n) is 17.5. The Kier molecular flexibility index (Phi) is 10.1. The van der Waals surface area contributed by atoms with Gasteiger partial charge in [0.25, 0.3) is 0 Å². The molecule has 3 unspecified atom stereocenters. The van der Waals surface area contributed by atoms with Crippen LogP contribution in [0.25, 0.3) is 0 Å². The standard InChI is InChI=1S/C37H68O4Si/c1-14-24(2)25(3)15-16-26(4)28-17-18-29-31-30(20-21-35(28,29)8)36(9)22-19-27(41-42(12,13)34(5,6)7)23-37(36,38)32(31)33(39-10)40-11/h24,26-33,38H,3,14-23H2,1-2,4-13H3/t24-,26+,27-,28+,29?,30?,31?,32-,35+,36+,37+/m0/s1. The molecule has 0 heterocycles. The molecule has 0 bridgehead atoms. The minimum Gasteiger partial charge on any atom is -0.414 e. The second kappa shape index (κ2) is 12.2. The lowest BCUT2D eigenvalue weighted by Crippen LogP contribution is -2.58. The Labute approximate surface area is 261 Å². The Bertz CT molecular complexity index is 954. The number of hydrogen-bond donors (Lipinski definition) is 1. The van der Waals surface area contributed by atoms with Crippen LogP contribution in [0.5, 0.6) is 0 Å². The largest absolute Gasteiger partial charge is 0.414 e. The van der Waals surface area contributed by atoms with Crippen molar-refractivity contribution in [3.63, 3.8) is 0 Å². The molecule has 0 amide bonds. The first-order valence-corrected chi connectivity index (χ1v) is 20.5. The van der Waals surface area contributed by atoms with Crippen molar-refractivity contribution in [1.29, 1.82) is 0 Å². The van der Waals surface area contributed by atoms with Crippen molar-refractivity contribution < 1.29 is 19.0 Å². The number of hydrogen-bond acceptors (Lipinski definition) is 4. The maximum absolute atomic E-state index is 13.1. The van der Waals surface area contributed by atoms with Crippen molar-refractivity contribution >= 4 is 8.32 Å². The van der Waals surface area contributed by atoms with Crippen molar-refractivity contribution in [2.24, 2.45) is 52.3 Å². The molecule has 0 aliphatic heterocycles. The number of allylic oxidation sites excluding steroid dienone is 1. The molecule has 4 aliphatic carbocycles. The van der Waals surface area contributed by atoms with E-state index in [-0.39, 0.29) is 22.5 Å². The van der Waals surface area contributed by atoms with Crippen molar-refractivity contribution in [2.75, 3.05) is 14.2 Å². The topological polar surface area (TPSA) is 47.9 Å². The van der Waals surface area contributed by atoms with E-state index < -0.39 is 20.2 Å². The summed E-state index contributed by atoms with van der Waals surface area (Å²) >= 11 is 0. The molecule has 4 fully saturated rings. The third-order valence-corrected chi connectivity index (χ3v) is 19.2. The molecule has 4 rings (SSSR count). The predicted octanol–water partition coefficient (Wildman–Crippen LogP) is 9.62. The lowest BCUT2D eigenvalue weighted by atomic mass is 9.53. The van der Waals surface area contributed by atoms with Gasteiger partial charge in [-0.2, -0.15) is 0 Å². The Hall–Kier alpha value is -0.203. The Morgan fingerprint density at radius 1 is 1.00 bits per heavy atom. The number of fused-ring (bicyclic) bond motifs is 5. The first kappa shape index (κ1) is 34.7. The van der Waals surface area contributed by atoms with E-state index >= 15 is 0 Å². The van der Waals surface area contributed by atoms with Gasteiger partial charge >= 0.3 is 0 Å². The highest BCUT2D eigenvalue weighted by Crippen LogP contribution is 2.74. The zero-order valence-corrected chi connectivity index (χ0v) is 30.6. The van der Waals surface area contributed by atoms with Gasteiger partial charge in [0.15, 0.2) is 14.6 Å². The van der Waals surface area contributed by atoms with Gasteiger partial charge in [0.2, 0.25) is 0 Å². The zero-order chi connectivity index (χ0) is 31.5. The second-order valence-corrected chi connectivity index (χ2v) is 22.2. The average Bonchev–Trinajstić information content (AvgIpc) is 3.36. The lowest BCUT2D eigenvalue weighted by Gasteiger charge is -2.54. The predicted molar refractivity (Wildman–Crippen MR) is 178 cm³/mol. The van der Waals surface area contributed by atoms with Gasteiger partial charge in [0, 0.05) is 38.1 Å².